The maximum Gasteiger partial charge on any atom is 0.277 e. The third-order valence-electron chi connectivity index (χ3n) is 3.03. The maximum absolute atomic E-state index is 11.8. The minimum absolute atomic E-state index is 0.116. The van der Waals surface area contributed by atoms with Crippen LogP contribution in [0.5, 0.6) is 5.75 Å². The van der Waals surface area contributed by atoms with E-state index in [1.54, 1.807) is 31.2 Å². The van der Waals surface area contributed by atoms with Crippen LogP contribution in [0.1, 0.15) is 18.1 Å². The Morgan fingerprint density at radius 3 is 2.70 bits per heavy atom. The molecule has 0 aromatic heterocycles. The molecule has 4 nitrogen and oxygen atoms in total. The summed E-state index contributed by atoms with van der Waals surface area (Å²) in [6.45, 7) is 3.59. The third kappa shape index (κ3) is 5.27. The normalized spacial score (nSPS) is 11.2. The molecule has 120 valence electrons. The lowest BCUT2D eigenvalue weighted by atomic mass is 10.1. The Morgan fingerprint density at radius 2 is 2.00 bits per heavy atom. The molecular formula is C17H16Cl2N2O2. The predicted octanol–water partition coefficient (Wildman–Crippen LogP) is 4.22. The molecule has 2 aromatic rings. The minimum atomic E-state index is -0.351. The molecule has 1 N–H and O–H groups in total. The van der Waals surface area contributed by atoms with Gasteiger partial charge in [0.15, 0.2) is 6.61 Å². The third-order valence-corrected chi connectivity index (χ3v) is 3.58. The van der Waals surface area contributed by atoms with E-state index < -0.39 is 0 Å². The number of hydrogen-bond acceptors (Lipinski definition) is 3. The zero-order valence-electron chi connectivity index (χ0n) is 12.8. The molecule has 0 heterocycles. The number of ether oxygens (including phenoxy) is 1. The van der Waals surface area contributed by atoms with Crippen LogP contribution in [0, 0.1) is 6.92 Å². The number of aryl methyl sites for hydroxylation is 1. The summed E-state index contributed by atoms with van der Waals surface area (Å²) in [4.78, 5) is 11.8. The van der Waals surface area contributed by atoms with E-state index >= 15 is 0 Å². The molecule has 0 fully saturated rings. The smallest absolute Gasteiger partial charge is 0.277 e. The van der Waals surface area contributed by atoms with Crippen LogP contribution in [0.25, 0.3) is 0 Å². The molecule has 2 aromatic carbocycles. The van der Waals surface area contributed by atoms with Crippen LogP contribution < -0.4 is 10.2 Å². The fraction of sp³-hybridized carbons (Fsp3) is 0.176. The highest BCUT2D eigenvalue weighted by atomic mass is 35.5. The second kappa shape index (κ2) is 7.99. The Hall–Kier alpha value is -2.04. The van der Waals surface area contributed by atoms with Gasteiger partial charge in [-0.05, 0) is 43.7 Å². The number of nitrogens with zero attached hydrogens (tertiary/aromatic N) is 1. The fourth-order valence-corrected chi connectivity index (χ4v) is 2.42. The number of nitrogens with one attached hydrogen (secondary N) is 1. The van der Waals surface area contributed by atoms with Crippen molar-refractivity contribution in [2.24, 2.45) is 5.10 Å². The SMILES string of the molecule is C/C(=N\NC(=O)COc1cccc(C)c1)c1ccc(Cl)cc1Cl. The average Bonchev–Trinajstić information content (AvgIpc) is 2.50. The maximum atomic E-state index is 11.8. The van der Waals surface area contributed by atoms with Crippen molar-refractivity contribution in [3.63, 3.8) is 0 Å². The van der Waals surface area contributed by atoms with Gasteiger partial charge in [0.05, 0.1) is 10.7 Å². The van der Waals surface area contributed by atoms with Crippen LogP contribution in [0.3, 0.4) is 0 Å². The van der Waals surface area contributed by atoms with Gasteiger partial charge in [-0.1, -0.05) is 41.4 Å². The lowest BCUT2D eigenvalue weighted by Crippen LogP contribution is -2.25. The summed E-state index contributed by atoms with van der Waals surface area (Å²) < 4.78 is 5.40. The van der Waals surface area contributed by atoms with Gasteiger partial charge >= 0.3 is 0 Å². The van der Waals surface area contributed by atoms with Crippen LogP contribution in [-0.2, 0) is 4.79 Å². The number of benzene rings is 2. The number of carbonyl (C=O) groups excluding carboxylic acids is 1. The first-order valence-electron chi connectivity index (χ1n) is 6.94. The quantitative estimate of drug-likeness (QED) is 0.648. The van der Waals surface area contributed by atoms with Crippen LogP contribution >= 0.6 is 23.2 Å². The molecule has 23 heavy (non-hydrogen) atoms. The molecule has 0 unspecified atom stereocenters. The lowest BCUT2D eigenvalue weighted by molar-refractivity contribution is -0.123. The van der Waals surface area contributed by atoms with Crippen LogP contribution in [0.2, 0.25) is 10.0 Å². The summed E-state index contributed by atoms with van der Waals surface area (Å²) in [7, 11) is 0. The molecule has 2 rings (SSSR count). The topological polar surface area (TPSA) is 50.7 Å². The average molecular weight is 351 g/mol. The second-order valence-electron chi connectivity index (χ2n) is 4.96. The molecule has 0 atom stereocenters. The molecule has 0 spiro atoms. The van der Waals surface area contributed by atoms with E-state index in [4.69, 9.17) is 27.9 Å². The summed E-state index contributed by atoms with van der Waals surface area (Å²) >= 11 is 11.9. The summed E-state index contributed by atoms with van der Waals surface area (Å²) in [6, 6.07) is 12.6. The zero-order valence-corrected chi connectivity index (χ0v) is 14.3. The molecule has 0 saturated heterocycles. The Labute approximate surface area is 145 Å². The van der Waals surface area contributed by atoms with Crippen molar-refractivity contribution in [3.8, 4) is 5.75 Å². The Balaban J connectivity index is 1.92. The van der Waals surface area contributed by atoms with Gasteiger partial charge in [-0.25, -0.2) is 5.43 Å². The molecule has 1 amide bonds. The Morgan fingerprint density at radius 1 is 1.22 bits per heavy atom. The highest BCUT2D eigenvalue weighted by Gasteiger charge is 2.06. The van der Waals surface area contributed by atoms with Gasteiger partial charge in [0, 0.05) is 10.6 Å². The Bertz CT molecular complexity index is 745. The van der Waals surface area contributed by atoms with E-state index in [1.165, 1.54) is 0 Å². The van der Waals surface area contributed by atoms with Gasteiger partial charge < -0.3 is 4.74 Å². The van der Waals surface area contributed by atoms with E-state index in [0.717, 1.165) is 5.56 Å². The first kappa shape index (κ1) is 17.3. The van der Waals surface area contributed by atoms with Crippen molar-refractivity contribution < 1.29 is 9.53 Å². The predicted molar refractivity (Wildman–Crippen MR) is 93.5 cm³/mol. The first-order valence-corrected chi connectivity index (χ1v) is 7.69. The van der Waals surface area contributed by atoms with E-state index in [-0.39, 0.29) is 12.5 Å². The number of halogens is 2. The van der Waals surface area contributed by atoms with Gasteiger partial charge in [0.2, 0.25) is 0 Å². The molecule has 0 saturated carbocycles. The number of carbonyl (C=O) groups is 1. The molecular weight excluding hydrogens is 335 g/mol. The van der Waals surface area contributed by atoms with Gasteiger partial charge in [-0.3, -0.25) is 4.79 Å². The number of amides is 1. The standard InChI is InChI=1S/C17H16Cl2N2O2/c1-11-4-3-5-14(8-11)23-10-17(22)21-20-12(2)15-7-6-13(18)9-16(15)19/h3-9H,10H2,1-2H3,(H,21,22)/b20-12+. The van der Waals surface area contributed by atoms with Crippen molar-refractivity contribution in [1.82, 2.24) is 5.43 Å². The van der Waals surface area contributed by atoms with Crippen LogP contribution in [0.4, 0.5) is 0 Å². The number of hydrazone groups is 1. The summed E-state index contributed by atoms with van der Waals surface area (Å²) in [5.41, 5.74) is 4.79. The van der Waals surface area contributed by atoms with Gasteiger partial charge in [0.1, 0.15) is 5.75 Å². The summed E-state index contributed by atoms with van der Waals surface area (Å²) in [5, 5.41) is 5.04. The van der Waals surface area contributed by atoms with E-state index in [2.05, 4.69) is 10.5 Å². The molecule has 0 aliphatic carbocycles. The van der Waals surface area contributed by atoms with Crippen LogP contribution in [-0.4, -0.2) is 18.2 Å². The first-order chi connectivity index (χ1) is 11.0. The van der Waals surface area contributed by atoms with Crippen LogP contribution in [0.15, 0.2) is 47.6 Å². The molecule has 0 aliphatic heterocycles. The monoisotopic (exact) mass is 350 g/mol. The van der Waals surface area contributed by atoms with E-state index in [9.17, 15) is 4.79 Å². The zero-order chi connectivity index (χ0) is 16.8. The highest BCUT2D eigenvalue weighted by molar-refractivity contribution is 6.37. The largest absolute Gasteiger partial charge is 0.484 e. The fourth-order valence-electron chi connectivity index (χ4n) is 1.88. The van der Waals surface area contributed by atoms with Crippen molar-refractivity contribution in [1.29, 1.82) is 0 Å². The molecule has 0 bridgehead atoms. The van der Waals surface area contributed by atoms with E-state index in [0.29, 0.717) is 27.1 Å². The van der Waals surface area contributed by atoms with E-state index in [1.807, 2.05) is 25.1 Å². The molecule has 6 heteroatoms. The van der Waals surface area contributed by atoms with Crippen molar-refractivity contribution in [2.45, 2.75) is 13.8 Å². The summed E-state index contributed by atoms with van der Waals surface area (Å²) in [5.74, 6) is 0.289. The molecule has 0 aliphatic rings. The number of rotatable bonds is 5. The van der Waals surface area contributed by atoms with Gasteiger partial charge in [0.25, 0.3) is 5.91 Å². The van der Waals surface area contributed by atoms with Gasteiger partial charge in [-0.2, -0.15) is 5.10 Å². The second-order valence-corrected chi connectivity index (χ2v) is 5.81. The minimum Gasteiger partial charge on any atom is -0.484 e. The highest BCUT2D eigenvalue weighted by Crippen LogP contribution is 2.21. The summed E-state index contributed by atoms with van der Waals surface area (Å²) in [6.07, 6.45) is 0. The molecule has 0 radical (unpaired) electrons. The Kier molecular flexibility index (Phi) is 6.02. The van der Waals surface area contributed by atoms with Crippen molar-refractivity contribution in [3.05, 3.63) is 63.6 Å². The lowest BCUT2D eigenvalue weighted by Gasteiger charge is -2.07. The van der Waals surface area contributed by atoms with Crippen molar-refractivity contribution in [2.75, 3.05) is 6.61 Å². The van der Waals surface area contributed by atoms with Crippen molar-refractivity contribution >= 4 is 34.8 Å². The van der Waals surface area contributed by atoms with Gasteiger partial charge in [-0.15, -0.1) is 0 Å². The number of hydrogen-bond donors (Lipinski definition) is 1.